The molecule has 0 saturated heterocycles. The Hall–Kier alpha value is -2.28. The Balaban J connectivity index is 4.05. The number of hydrogen-bond acceptors (Lipinski definition) is 6. The van der Waals surface area contributed by atoms with Crippen LogP contribution in [-0.4, -0.2) is 41.5 Å². The van der Waals surface area contributed by atoms with E-state index < -0.39 is 24.6 Å². The number of rotatable bonds is 19. The number of aliphatic hydroxyl groups excluding tert-OH is 2. The van der Waals surface area contributed by atoms with Crippen molar-refractivity contribution in [3.05, 3.63) is 11.8 Å². The molecular weight excluding hydrogens is 432 g/mol. The van der Waals surface area contributed by atoms with Crippen LogP contribution in [0.1, 0.15) is 110 Å². The Morgan fingerprint density at radius 3 is 2.06 bits per heavy atom. The van der Waals surface area contributed by atoms with Gasteiger partial charge in [-0.2, -0.15) is 0 Å². The lowest BCUT2D eigenvalue weighted by atomic mass is 10.0. The van der Waals surface area contributed by atoms with E-state index in [-0.39, 0.29) is 19.4 Å². The van der Waals surface area contributed by atoms with Gasteiger partial charge in [-0.15, -0.1) is 0 Å². The summed E-state index contributed by atoms with van der Waals surface area (Å²) in [7, 11) is 0. The monoisotopic (exact) mass is 476 g/mol. The van der Waals surface area contributed by atoms with Crippen LogP contribution in [0.25, 0.3) is 0 Å². The van der Waals surface area contributed by atoms with Crippen molar-refractivity contribution in [3.63, 3.8) is 0 Å². The second-order valence-corrected chi connectivity index (χ2v) is 8.41. The fourth-order valence-electron chi connectivity index (χ4n) is 3.17. The number of carbonyl (C=O) groups excluding carboxylic acids is 2. The van der Waals surface area contributed by atoms with E-state index in [1.54, 1.807) is 0 Å². The first-order chi connectivity index (χ1) is 16.5. The van der Waals surface area contributed by atoms with Crippen LogP contribution >= 0.6 is 0 Å². The van der Waals surface area contributed by atoms with E-state index >= 15 is 0 Å². The van der Waals surface area contributed by atoms with E-state index in [4.69, 9.17) is 19.7 Å². The fraction of sp³-hybridized carbons (Fsp3) is 0.714. The first-order valence-corrected chi connectivity index (χ1v) is 12.8. The molecule has 0 amide bonds. The van der Waals surface area contributed by atoms with Gasteiger partial charge in [-0.1, -0.05) is 83.5 Å². The molecule has 0 aromatic carbocycles. The Morgan fingerprint density at radius 1 is 0.912 bits per heavy atom. The van der Waals surface area contributed by atoms with Gasteiger partial charge in [-0.05, 0) is 36.7 Å². The lowest BCUT2D eigenvalue weighted by Crippen LogP contribution is -2.21. The van der Waals surface area contributed by atoms with Crippen molar-refractivity contribution >= 4 is 11.9 Å². The maximum absolute atomic E-state index is 11.4. The van der Waals surface area contributed by atoms with Crippen LogP contribution in [0.4, 0.5) is 0 Å². The predicted octanol–water partition coefficient (Wildman–Crippen LogP) is 5.21. The Labute approximate surface area is 206 Å². The molecule has 1 atom stereocenters. The van der Waals surface area contributed by atoms with Gasteiger partial charge < -0.3 is 19.7 Å². The molecule has 0 aromatic heterocycles. The number of carbonyl (C=O) groups is 2. The minimum Gasteiger partial charge on any atom is -0.463 e. The normalized spacial score (nSPS) is 11.6. The highest BCUT2D eigenvalue weighted by Gasteiger charge is 2.06. The van der Waals surface area contributed by atoms with Crippen LogP contribution in [0.15, 0.2) is 11.8 Å². The lowest BCUT2D eigenvalue weighted by Gasteiger charge is -2.07. The maximum Gasteiger partial charge on any atom is 0.308 e. The predicted molar refractivity (Wildman–Crippen MR) is 134 cm³/mol. The molecule has 0 saturated carbocycles. The van der Waals surface area contributed by atoms with Gasteiger partial charge in [0, 0.05) is 13.3 Å². The molecule has 0 radical (unpaired) electrons. The van der Waals surface area contributed by atoms with Gasteiger partial charge in [-0.25, -0.2) is 0 Å². The van der Waals surface area contributed by atoms with Crippen molar-refractivity contribution in [1.82, 2.24) is 0 Å². The van der Waals surface area contributed by atoms with Gasteiger partial charge in [0.25, 0.3) is 0 Å². The number of hydrogen-bond donors (Lipinski definition) is 2. The second kappa shape index (κ2) is 23.9. The fourth-order valence-corrected chi connectivity index (χ4v) is 3.17. The third kappa shape index (κ3) is 22.9. The van der Waals surface area contributed by atoms with Gasteiger partial charge in [-0.3, -0.25) is 9.59 Å². The molecule has 6 nitrogen and oxygen atoms in total. The Bertz CT molecular complexity index is 689. The topological polar surface area (TPSA) is 93.1 Å². The van der Waals surface area contributed by atoms with Gasteiger partial charge in [0.15, 0.2) is 5.76 Å². The van der Waals surface area contributed by atoms with Crippen molar-refractivity contribution in [3.8, 4) is 23.7 Å². The van der Waals surface area contributed by atoms with Crippen LogP contribution in [0, 0.1) is 23.7 Å². The number of esters is 2. The van der Waals surface area contributed by atoms with Crippen molar-refractivity contribution in [1.29, 1.82) is 0 Å². The quantitative estimate of drug-likeness (QED) is 0.115. The number of ether oxygens (including phenoxy) is 2. The van der Waals surface area contributed by atoms with Crippen molar-refractivity contribution in [2.75, 3.05) is 13.2 Å². The molecule has 0 heterocycles. The molecule has 0 aromatic rings. The van der Waals surface area contributed by atoms with E-state index in [0.717, 1.165) is 19.3 Å². The molecule has 6 heteroatoms. The highest BCUT2D eigenvalue weighted by Crippen LogP contribution is 2.13. The summed E-state index contributed by atoms with van der Waals surface area (Å²) in [6.07, 6.45) is 17.4. The maximum atomic E-state index is 11.4. The first kappa shape index (κ1) is 31.7. The molecular formula is C28H44O6. The van der Waals surface area contributed by atoms with Gasteiger partial charge in [0.2, 0.25) is 0 Å². The number of aliphatic hydroxyl groups is 2. The molecule has 0 aliphatic rings. The van der Waals surface area contributed by atoms with Crippen LogP contribution in [0.2, 0.25) is 0 Å². The van der Waals surface area contributed by atoms with Gasteiger partial charge >= 0.3 is 11.9 Å². The van der Waals surface area contributed by atoms with Crippen LogP contribution in [0.3, 0.4) is 0 Å². The van der Waals surface area contributed by atoms with Gasteiger partial charge in [0.05, 0.1) is 13.0 Å². The number of unbranched alkanes of at least 4 members (excludes halogenated alkanes) is 12. The zero-order chi connectivity index (χ0) is 25.3. The highest BCUT2D eigenvalue weighted by atomic mass is 16.5. The van der Waals surface area contributed by atoms with E-state index in [0.29, 0.717) is 5.76 Å². The Morgan fingerprint density at radius 2 is 1.50 bits per heavy atom. The summed E-state index contributed by atoms with van der Waals surface area (Å²) < 4.78 is 9.91. The van der Waals surface area contributed by atoms with Crippen LogP contribution < -0.4 is 0 Å². The summed E-state index contributed by atoms with van der Waals surface area (Å²) in [5.74, 6) is 10.1. The van der Waals surface area contributed by atoms with Crippen LogP contribution in [0.5, 0.6) is 0 Å². The van der Waals surface area contributed by atoms with Gasteiger partial charge in [0.1, 0.15) is 12.7 Å². The molecule has 192 valence electrons. The third-order valence-electron chi connectivity index (χ3n) is 5.08. The van der Waals surface area contributed by atoms with Crippen molar-refractivity contribution < 1.29 is 29.3 Å². The standard InChI is InChI=1S/C28H44O6/c1-3-4-5-6-7-8-9-10-11-12-13-14-17-20-27(34-25(2)30)21-18-15-16-19-22-28(32)33-24-26(31)23-29/h20,26,29,31H,3-14,17,19,22-24H2,1-2H3/b27-20+/t26-/m0/s1. The van der Waals surface area contributed by atoms with Crippen molar-refractivity contribution in [2.45, 2.75) is 116 Å². The lowest BCUT2D eigenvalue weighted by molar-refractivity contribution is -0.147. The molecule has 34 heavy (non-hydrogen) atoms. The summed E-state index contributed by atoms with van der Waals surface area (Å²) in [6, 6.07) is 0. The first-order valence-electron chi connectivity index (χ1n) is 12.8. The SMILES string of the molecule is CCCCCCCCCCCCCC/C=C(\C#CC#CCCC(=O)OC[C@@H](O)CO)OC(C)=O. The largest absolute Gasteiger partial charge is 0.463 e. The third-order valence-corrected chi connectivity index (χ3v) is 5.08. The zero-order valence-electron chi connectivity index (χ0n) is 21.2. The van der Waals surface area contributed by atoms with E-state index in [9.17, 15) is 9.59 Å². The second-order valence-electron chi connectivity index (χ2n) is 8.41. The molecule has 0 bridgehead atoms. The summed E-state index contributed by atoms with van der Waals surface area (Å²) >= 11 is 0. The Kier molecular flexibility index (Phi) is 22.3. The van der Waals surface area contributed by atoms with E-state index in [1.165, 1.54) is 71.1 Å². The molecule has 0 fully saturated rings. The minimum absolute atomic E-state index is 0.0679. The molecule has 0 aliphatic carbocycles. The summed E-state index contributed by atoms with van der Waals surface area (Å²) in [6.45, 7) is 2.89. The summed E-state index contributed by atoms with van der Waals surface area (Å²) in [5.41, 5.74) is 0. The summed E-state index contributed by atoms with van der Waals surface area (Å²) in [5, 5.41) is 17.8. The molecule has 2 N–H and O–H groups in total. The molecule has 0 spiro atoms. The van der Waals surface area contributed by atoms with Crippen molar-refractivity contribution in [2.24, 2.45) is 0 Å². The molecule has 0 rings (SSSR count). The van der Waals surface area contributed by atoms with E-state index in [1.807, 2.05) is 6.08 Å². The minimum atomic E-state index is -1.07. The summed E-state index contributed by atoms with van der Waals surface area (Å²) in [4.78, 5) is 22.7. The zero-order valence-corrected chi connectivity index (χ0v) is 21.2. The average molecular weight is 477 g/mol. The molecule has 0 unspecified atom stereocenters. The number of allylic oxidation sites excluding steroid dienone is 2. The average Bonchev–Trinajstić information content (AvgIpc) is 2.81. The highest BCUT2D eigenvalue weighted by molar-refractivity contribution is 5.69. The van der Waals surface area contributed by atoms with Crippen LogP contribution in [-0.2, 0) is 19.1 Å². The van der Waals surface area contributed by atoms with E-state index in [2.05, 4.69) is 30.6 Å². The smallest absolute Gasteiger partial charge is 0.308 e. The molecule has 0 aliphatic heterocycles.